The minimum atomic E-state index is 0.0289. The van der Waals surface area contributed by atoms with E-state index < -0.39 is 0 Å². The summed E-state index contributed by atoms with van der Waals surface area (Å²) in [6.07, 6.45) is 7.30. The van der Waals surface area contributed by atoms with Crippen LogP contribution in [0.1, 0.15) is 57.4 Å². The number of rotatable bonds is 8. The fourth-order valence-electron chi connectivity index (χ4n) is 1.52. The Morgan fingerprint density at radius 1 is 1.18 bits per heavy atom. The number of unbranched alkanes of at least 4 members (excludes halogenated alkanes) is 3. The molecule has 0 saturated heterocycles. The maximum atomic E-state index is 11.3. The van der Waals surface area contributed by atoms with E-state index in [4.69, 9.17) is 0 Å². The summed E-state index contributed by atoms with van der Waals surface area (Å²) in [6.45, 7) is 4.19. The van der Waals surface area contributed by atoms with E-state index in [1.165, 1.54) is 30.6 Å². The fourth-order valence-corrected chi connectivity index (χ4v) is 2.31. The molecule has 1 aromatic rings. The summed E-state index contributed by atoms with van der Waals surface area (Å²) in [5, 5.41) is 12.5. The second-order valence-electron chi connectivity index (χ2n) is 4.11. The van der Waals surface area contributed by atoms with Crippen molar-refractivity contribution in [1.82, 2.24) is 10.2 Å². The first kappa shape index (κ1) is 14.1. The molecule has 0 bridgehead atoms. The van der Waals surface area contributed by atoms with Crippen LogP contribution in [0.4, 0.5) is 5.13 Å². The van der Waals surface area contributed by atoms with E-state index in [9.17, 15) is 4.79 Å². The summed E-state index contributed by atoms with van der Waals surface area (Å²) < 4.78 is 0. The van der Waals surface area contributed by atoms with Crippen LogP contribution in [0.5, 0.6) is 0 Å². The Morgan fingerprint density at radius 2 is 2.00 bits per heavy atom. The summed E-state index contributed by atoms with van der Waals surface area (Å²) in [6, 6.07) is 0. The summed E-state index contributed by atoms with van der Waals surface area (Å²) in [7, 11) is 0. The van der Waals surface area contributed by atoms with Crippen molar-refractivity contribution in [1.29, 1.82) is 0 Å². The van der Waals surface area contributed by atoms with Crippen molar-refractivity contribution in [3.63, 3.8) is 0 Å². The number of carbonyl (C=O) groups is 1. The first-order valence-corrected chi connectivity index (χ1v) is 7.20. The summed E-state index contributed by atoms with van der Waals surface area (Å²) in [5.74, 6) is 0.0289. The predicted molar refractivity (Wildman–Crippen MR) is 71.3 cm³/mol. The van der Waals surface area contributed by atoms with E-state index in [1.807, 2.05) is 6.92 Å². The monoisotopic (exact) mass is 255 g/mol. The molecular formula is C12H21N3OS. The number of amides is 1. The van der Waals surface area contributed by atoms with E-state index in [-0.39, 0.29) is 5.91 Å². The lowest BCUT2D eigenvalue weighted by Crippen LogP contribution is -2.10. The Morgan fingerprint density at radius 3 is 2.71 bits per heavy atom. The van der Waals surface area contributed by atoms with Crippen molar-refractivity contribution in [2.24, 2.45) is 0 Å². The van der Waals surface area contributed by atoms with Crippen molar-refractivity contribution in [3.8, 4) is 0 Å². The van der Waals surface area contributed by atoms with Crippen LogP contribution in [0, 0.1) is 0 Å². The summed E-state index contributed by atoms with van der Waals surface area (Å²) >= 11 is 1.49. The fraction of sp³-hybridized carbons (Fsp3) is 0.750. The van der Waals surface area contributed by atoms with Crippen molar-refractivity contribution in [2.75, 3.05) is 5.32 Å². The maximum Gasteiger partial charge on any atom is 0.226 e. The lowest BCUT2D eigenvalue weighted by atomic mass is 10.2. The van der Waals surface area contributed by atoms with Gasteiger partial charge >= 0.3 is 0 Å². The molecule has 0 spiro atoms. The molecule has 1 aromatic heterocycles. The van der Waals surface area contributed by atoms with Gasteiger partial charge in [-0.15, -0.1) is 10.2 Å². The number of nitrogens with one attached hydrogen (secondary N) is 1. The molecule has 0 radical (unpaired) electrons. The van der Waals surface area contributed by atoms with Gasteiger partial charge in [0.15, 0.2) is 0 Å². The van der Waals surface area contributed by atoms with Crippen LogP contribution in [0.2, 0.25) is 0 Å². The first-order chi connectivity index (χ1) is 8.26. The standard InChI is InChI=1S/C12H21N3OS/c1-3-5-6-7-9-11-14-15-12(17-11)13-10(16)8-4-2/h3-9H2,1-2H3,(H,13,15,16). The lowest BCUT2D eigenvalue weighted by Gasteiger charge is -1.97. The highest BCUT2D eigenvalue weighted by molar-refractivity contribution is 7.15. The van der Waals surface area contributed by atoms with Crippen molar-refractivity contribution in [3.05, 3.63) is 5.01 Å². The molecule has 5 heteroatoms. The van der Waals surface area contributed by atoms with Crippen LogP contribution in [-0.2, 0) is 11.2 Å². The van der Waals surface area contributed by atoms with Gasteiger partial charge in [-0.25, -0.2) is 0 Å². The Bertz CT molecular complexity index is 338. The van der Waals surface area contributed by atoms with Crippen molar-refractivity contribution in [2.45, 2.75) is 58.8 Å². The van der Waals surface area contributed by atoms with Gasteiger partial charge in [0, 0.05) is 12.8 Å². The molecule has 0 fully saturated rings. The first-order valence-electron chi connectivity index (χ1n) is 6.38. The highest BCUT2D eigenvalue weighted by atomic mass is 32.1. The molecule has 17 heavy (non-hydrogen) atoms. The zero-order valence-electron chi connectivity index (χ0n) is 10.7. The van der Waals surface area contributed by atoms with Gasteiger partial charge in [-0.05, 0) is 12.8 Å². The second kappa shape index (κ2) is 8.17. The van der Waals surface area contributed by atoms with Gasteiger partial charge in [-0.1, -0.05) is 44.4 Å². The van der Waals surface area contributed by atoms with E-state index >= 15 is 0 Å². The zero-order valence-corrected chi connectivity index (χ0v) is 11.5. The van der Waals surface area contributed by atoms with Crippen LogP contribution in [0.3, 0.4) is 0 Å². The maximum absolute atomic E-state index is 11.3. The lowest BCUT2D eigenvalue weighted by molar-refractivity contribution is -0.116. The third-order valence-electron chi connectivity index (χ3n) is 2.43. The molecule has 0 saturated carbocycles. The van der Waals surface area contributed by atoms with Crippen LogP contribution in [-0.4, -0.2) is 16.1 Å². The summed E-state index contributed by atoms with van der Waals surface area (Å²) in [4.78, 5) is 11.3. The van der Waals surface area contributed by atoms with E-state index in [2.05, 4.69) is 22.4 Å². The molecule has 1 rings (SSSR count). The number of hydrogen-bond donors (Lipinski definition) is 1. The topological polar surface area (TPSA) is 54.9 Å². The minimum Gasteiger partial charge on any atom is -0.301 e. The average molecular weight is 255 g/mol. The molecule has 96 valence electrons. The van der Waals surface area contributed by atoms with E-state index in [0.717, 1.165) is 24.3 Å². The molecule has 0 atom stereocenters. The molecule has 0 aromatic carbocycles. The predicted octanol–water partition coefficient (Wildman–Crippen LogP) is 3.40. The third-order valence-corrected chi connectivity index (χ3v) is 3.33. The number of aryl methyl sites for hydroxylation is 1. The van der Waals surface area contributed by atoms with Crippen molar-refractivity contribution < 1.29 is 4.79 Å². The number of carbonyl (C=O) groups excluding carboxylic acids is 1. The van der Waals surface area contributed by atoms with Gasteiger partial charge in [-0.2, -0.15) is 0 Å². The van der Waals surface area contributed by atoms with Gasteiger partial charge < -0.3 is 5.32 Å². The number of hydrogen-bond acceptors (Lipinski definition) is 4. The van der Waals surface area contributed by atoms with E-state index in [0.29, 0.717) is 11.6 Å². The molecule has 1 N–H and O–H groups in total. The van der Waals surface area contributed by atoms with Gasteiger partial charge in [0.1, 0.15) is 5.01 Å². The van der Waals surface area contributed by atoms with E-state index in [1.54, 1.807) is 0 Å². The molecule has 0 unspecified atom stereocenters. The van der Waals surface area contributed by atoms with Gasteiger partial charge in [0.25, 0.3) is 0 Å². The van der Waals surface area contributed by atoms with Crippen molar-refractivity contribution >= 4 is 22.4 Å². The molecule has 0 aliphatic heterocycles. The van der Waals surface area contributed by atoms with Crippen LogP contribution < -0.4 is 5.32 Å². The highest BCUT2D eigenvalue weighted by Gasteiger charge is 2.06. The largest absolute Gasteiger partial charge is 0.301 e. The SMILES string of the molecule is CCCCCCc1nnc(NC(=O)CCC)s1. The molecule has 0 aliphatic rings. The Labute approximate surface area is 107 Å². The molecular weight excluding hydrogens is 234 g/mol. The minimum absolute atomic E-state index is 0.0289. The molecule has 1 heterocycles. The van der Waals surface area contributed by atoms with Gasteiger partial charge in [0.05, 0.1) is 0 Å². The second-order valence-corrected chi connectivity index (χ2v) is 5.17. The smallest absolute Gasteiger partial charge is 0.226 e. The Hall–Kier alpha value is -0.970. The average Bonchev–Trinajstić information content (AvgIpc) is 2.72. The van der Waals surface area contributed by atoms with Crippen LogP contribution >= 0.6 is 11.3 Å². The Balaban J connectivity index is 2.29. The highest BCUT2D eigenvalue weighted by Crippen LogP contribution is 2.17. The quantitative estimate of drug-likeness (QED) is 0.724. The number of aromatic nitrogens is 2. The zero-order chi connectivity index (χ0) is 12.5. The molecule has 0 aliphatic carbocycles. The van der Waals surface area contributed by atoms with Crippen LogP contribution in [0.25, 0.3) is 0 Å². The molecule has 1 amide bonds. The molecule has 4 nitrogen and oxygen atoms in total. The summed E-state index contributed by atoms with van der Waals surface area (Å²) in [5.41, 5.74) is 0. The van der Waals surface area contributed by atoms with Gasteiger partial charge in [-0.3, -0.25) is 4.79 Å². The normalized spacial score (nSPS) is 10.5. The number of anilines is 1. The third kappa shape index (κ3) is 5.77. The Kier molecular flexibility index (Phi) is 6.77. The van der Waals surface area contributed by atoms with Gasteiger partial charge in [0.2, 0.25) is 11.0 Å². The number of nitrogens with zero attached hydrogens (tertiary/aromatic N) is 2. The van der Waals surface area contributed by atoms with Crippen LogP contribution in [0.15, 0.2) is 0 Å².